The largest absolute Gasteiger partial charge is 0.383 e. The fourth-order valence-electron chi connectivity index (χ4n) is 0.729. The van der Waals surface area contributed by atoms with Crippen LogP contribution in [-0.4, -0.2) is 15.7 Å². The first-order valence-corrected chi connectivity index (χ1v) is 4.44. The maximum absolute atomic E-state index is 5.59. The lowest BCUT2D eigenvalue weighted by atomic mass is 10.4. The highest BCUT2D eigenvalue weighted by Crippen LogP contribution is 2.21. The standard InChI is InChI=1S/C7H11N3S/c1-3-11-7-5(2)6(8)9-4-10-7/h4H,3H2,1-2H3,(H2,8,9,10). The van der Waals surface area contributed by atoms with Crippen LogP contribution in [0.2, 0.25) is 0 Å². The van der Waals surface area contributed by atoms with Crippen LogP contribution in [0.15, 0.2) is 11.4 Å². The Morgan fingerprint density at radius 2 is 2.27 bits per heavy atom. The molecule has 0 aliphatic rings. The van der Waals surface area contributed by atoms with Crippen LogP contribution in [0.4, 0.5) is 5.82 Å². The van der Waals surface area contributed by atoms with Gasteiger partial charge in [0.25, 0.3) is 0 Å². The average Bonchev–Trinajstić information content (AvgIpc) is 1.99. The van der Waals surface area contributed by atoms with Crippen molar-refractivity contribution in [2.45, 2.75) is 18.9 Å². The van der Waals surface area contributed by atoms with Gasteiger partial charge < -0.3 is 5.73 Å². The van der Waals surface area contributed by atoms with Crippen LogP contribution in [0, 0.1) is 6.92 Å². The summed E-state index contributed by atoms with van der Waals surface area (Å²) in [6.45, 7) is 4.02. The maximum atomic E-state index is 5.59. The second-order valence-electron chi connectivity index (χ2n) is 2.12. The maximum Gasteiger partial charge on any atom is 0.130 e. The molecule has 0 unspecified atom stereocenters. The second kappa shape index (κ2) is 3.57. The molecule has 0 spiro atoms. The van der Waals surface area contributed by atoms with E-state index < -0.39 is 0 Å². The molecule has 4 heteroatoms. The van der Waals surface area contributed by atoms with Crippen molar-refractivity contribution in [1.82, 2.24) is 9.97 Å². The van der Waals surface area contributed by atoms with Gasteiger partial charge in [0.05, 0.1) is 0 Å². The van der Waals surface area contributed by atoms with E-state index >= 15 is 0 Å². The quantitative estimate of drug-likeness (QED) is 0.538. The Kier molecular flexibility index (Phi) is 2.70. The minimum atomic E-state index is 0.580. The zero-order valence-electron chi connectivity index (χ0n) is 6.66. The molecule has 0 amide bonds. The molecule has 0 radical (unpaired) electrons. The summed E-state index contributed by atoms with van der Waals surface area (Å²) in [5, 5.41) is 0.986. The molecule has 1 aromatic rings. The minimum absolute atomic E-state index is 0.580. The third kappa shape index (κ3) is 1.83. The lowest BCUT2D eigenvalue weighted by molar-refractivity contribution is 1.01. The van der Waals surface area contributed by atoms with Crippen LogP contribution in [0.5, 0.6) is 0 Å². The highest BCUT2D eigenvalue weighted by atomic mass is 32.2. The molecular weight excluding hydrogens is 158 g/mol. The Bertz CT molecular complexity index is 249. The number of anilines is 1. The molecule has 0 saturated heterocycles. The average molecular weight is 169 g/mol. The van der Waals surface area contributed by atoms with Crippen LogP contribution >= 0.6 is 11.8 Å². The van der Waals surface area contributed by atoms with Gasteiger partial charge in [-0.05, 0) is 12.7 Å². The monoisotopic (exact) mass is 169 g/mol. The Morgan fingerprint density at radius 3 is 2.91 bits per heavy atom. The van der Waals surface area contributed by atoms with Crippen molar-refractivity contribution in [2.75, 3.05) is 11.5 Å². The van der Waals surface area contributed by atoms with Gasteiger partial charge in [0.1, 0.15) is 17.2 Å². The minimum Gasteiger partial charge on any atom is -0.383 e. The molecule has 0 atom stereocenters. The zero-order chi connectivity index (χ0) is 8.27. The van der Waals surface area contributed by atoms with Crippen molar-refractivity contribution in [2.24, 2.45) is 0 Å². The summed E-state index contributed by atoms with van der Waals surface area (Å²) in [6, 6.07) is 0. The second-order valence-corrected chi connectivity index (χ2v) is 3.37. The lowest BCUT2D eigenvalue weighted by Gasteiger charge is -2.02. The Labute approximate surface area is 70.4 Å². The summed E-state index contributed by atoms with van der Waals surface area (Å²) in [4.78, 5) is 7.98. The molecule has 1 heterocycles. The third-order valence-electron chi connectivity index (χ3n) is 1.36. The number of thioether (sulfide) groups is 1. The summed E-state index contributed by atoms with van der Waals surface area (Å²) < 4.78 is 0. The van der Waals surface area contributed by atoms with E-state index in [0.29, 0.717) is 5.82 Å². The van der Waals surface area contributed by atoms with Crippen molar-refractivity contribution in [3.63, 3.8) is 0 Å². The van der Waals surface area contributed by atoms with E-state index in [1.165, 1.54) is 6.33 Å². The fourth-order valence-corrected chi connectivity index (χ4v) is 1.45. The van der Waals surface area contributed by atoms with E-state index in [2.05, 4.69) is 16.9 Å². The lowest BCUT2D eigenvalue weighted by Crippen LogP contribution is -1.97. The molecule has 2 N–H and O–H groups in total. The van der Waals surface area contributed by atoms with Gasteiger partial charge in [-0.15, -0.1) is 11.8 Å². The number of nitrogen functional groups attached to an aromatic ring is 1. The molecular formula is C7H11N3S. The molecule has 1 aromatic heterocycles. The van der Waals surface area contributed by atoms with Crippen molar-refractivity contribution in [1.29, 1.82) is 0 Å². The summed E-state index contributed by atoms with van der Waals surface area (Å²) in [7, 11) is 0. The molecule has 0 aliphatic carbocycles. The molecule has 11 heavy (non-hydrogen) atoms. The first-order chi connectivity index (χ1) is 5.25. The van der Waals surface area contributed by atoms with Crippen molar-refractivity contribution < 1.29 is 0 Å². The van der Waals surface area contributed by atoms with Crippen molar-refractivity contribution in [3.8, 4) is 0 Å². The first-order valence-electron chi connectivity index (χ1n) is 3.45. The number of nitrogens with zero attached hydrogens (tertiary/aromatic N) is 2. The highest BCUT2D eigenvalue weighted by Gasteiger charge is 2.02. The normalized spacial score (nSPS) is 10.0. The smallest absolute Gasteiger partial charge is 0.130 e. The van der Waals surface area contributed by atoms with Crippen LogP contribution in [-0.2, 0) is 0 Å². The molecule has 0 saturated carbocycles. The first kappa shape index (κ1) is 8.33. The third-order valence-corrected chi connectivity index (χ3v) is 2.33. The van der Waals surface area contributed by atoms with E-state index in [9.17, 15) is 0 Å². The summed E-state index contributed by atoms with van der Waals surface area (Å²) in [5.74, 6) is 1.59. The summed E-state index contributed by atoms with van der Waals surface area (Å²) >= 11 is 1.68. The molecule has 0 aliphatic heterocycles. The Balaban J connectivity index is 2.96. The molecule has 1 rings (SSSR count). The Morgan fingerprint density at radius 1 is 1.55 bits per heavy atom. The molecule has 0 aromatic carbocycles. The molecule has 0 fully saturated rings. The van der Waals surface area contributed by atoms with Gasteiger partial charge in [0, 0.05) is 5.56 Å². The predicted octanol–water partition coefficient (Wildman–Crippen LogP) is 1.48. The van der Waals surface area contributed by atoms with E-state index in [0.717, 1.165) is 16.3 Å². The van der Waals surface area contributed by atoms with Crippen LogP contribution in [0.1, 0.15) is 12.5 Å². The van der Waals surface area contributed by atoms with Crippen LogP contribution in [0.3, 0.4) is 0 Å². The topological polar surface area (TPSA) is 51.8 Å². The van der Waals surface area contributed by atoms with Gasteiger partial charge in [0.15, 0.2) is 0 Å². The zero-order valence-corrected chi connectivity index (χ0v) is 7.48. The van der Waals surface area contributed by atoms with E-state index in [1.54, 1.807) is 11.8 Å². The van der Waals surface area contributed by atoms with E-state index in [4.69, 9.17) is 5.73 Å². The van der Waals surface area contributed by atoms with Gasteiger partial charge in [0.2, 0.25) is 0 Å². The van der Waals surface area contributed by atoms with E-state index in [-0.39, 0.29) is 0 Å². The van der Waals surface area contributed by atoms with Gasteiger partial charge >= 0.3 is 0 Å². The number of nitrogens with two attached hydrogens (primary N) is 1. The van der Waals surface area contributed by atoms with Crippen LogP contribution < -0.4 is 5.73 Å². The predicted molar refractivity (Wildman–Crippen MR) is 47.6 cm³/mol. The number of hydrogen-bond donors (Lipinski definition) is 1. The van der Waals surface area contributed by atoms with Crippen molar-refractivity contribution >= 4 is 17.6 Å². The van der Waals surface area contributed by atoms with Gasteiger partial charge in [-0.2, -0.15) is 0 Å². The summed E-state index contributed by atoms with van der Waals surface area (Å²) in [6.07, 6.45) is 1.50. The SMILES string of the molecule is CCSc1ncnc(N)c1C. The number of aromatic nitrogens is 2. The molecule has 60 valence electrons. The number of rotatable bonds is 2. The van der Waals surface area contributed by atoms with Crippen LogP contribution in [0.25, 0.3) is 0 Å². The molecule has 0 bridgehead atoms. The van der Waals surface area contributed by atoms with Gasteiger partial charge in [-0.25, -0.2) is 9.97 Å². The molecule has 3 nitrogen and oxygen atoms in total. The fraction of sp³-hybridized carbons (Fsp3) is 0.429. The Hall–Kier alpha value is -0.770. The number of hydrogen-bond acceptors (Lipinski definition) is 4. The highest BCUT2D eigenvalue weighted by molar-refractivity contribution is 7.99. The van der Waals surface area contributed by atoms with Gasteiger partial charge in [-0.3, -0.25) is 0 Å². The van der Waals surface area contributed by atoms with Crippen molar-refractivity contribution in [3.05, 3.63) is 11.9 Å². The van der Waals surface area contributed by atoms with E-state index in [1.807, 2.05) is 6.92 Å². The summed E-state index contributed by atoms with van der Waals surface area (Å²) in [5.41, 5.74) is 6.57. The van der Waals surface area contributed by atoms with Gasteiger partial charge in [-0.1, -0.05) is 6.92 Å².